The highest BCUT2D eigenvalue weighted by molar-refractivity contribution is 9.10. The largest absolute Gasteiger partial charge is 0.324 e. The summed E-state index contributed by atoms with van der Waals surface area (Å²) in [4.78, 5) is 39.7. The van der Waals surface area contributed by atoms with Gasteiger partial charge in [-0.25, -0.2) is 0 Å². The Morgan fingerprint density at radius 2 is 1.59 bits per heavy atom. The molecular formula is C25H22BrN3O3. The number of nitrogens with one attached hydrogen (secondary N) is 2. The van der Waals surface area contributed by atoms with Crippen molar-refractivity contribution in [3.8, 4) is 0 Å². The van der Waals surface area contributed by atoms with Crippen LogP contribution >= 0.6 is 15.9 Å². The predicted octanol–water partition coefficient (Wildman–Crippen LogP) is 5.00. The summed E-state index contributed by atoms with van der Waals surface area (Å²) in [7, 11) is 0. The van der Waals surface area contributed by atoms with Gasteiger partial charge in [0.25, 0.3) is 5.91 Å². The molecule has 162 valence electrons. The van der Waals surface area contributed by atoms with Crippen LogP contribution in [0.2, 0.25) is 0 Å². The van der Waals surface area contributed by atoms with E-state index in [4.69, 9.17) is 0 Å². The van der Waals surface area contributed by atoms with Gasteiger partial charge in [-0.05, 0) is 55.0 Å². The molecule has 1 fully saturated rings. The summed E-state index contributed by atoms with van der Waals surface area (Å²) < 4.78 is 0.969. The van der Waals surface area contributed by atoms with Crippen LogP contribution < -0.4 is 15.5 Å². The van der Waals surface area contributed by atoms with E-state index in [1.807, 2.05) is 31.2 Å². The van der Waals surface area contributed by atoms with Crippen molar-refractivity contribution in [1.29, 1.82) is 0 Å². The summed E-state index contributed by atoms with van der Waals surface area (Å²) in [6.07, 6.45) is 0.138. The van der Waals surface area contributed by atoms with E-state index in [9.17, 15) is 14.4 Å². The van der Waals surface area contributed by atoms with Crippen LogP contribution in [0.4, 0.5) is 17.1 Å². The van der Waals surface area contributed by atoms with Gasteiger partial charge < -0.3 is 15.5 Å². The van der Waals surface area contributed by atoms with E-state index < -0.39 is 5.92 Å². The molecule has 0 aromatic heterocycles. The maximum absolute atomic E-state index is 13.0. The average molecular weight is 492 g/mol. The fraction of sp³-hybridized carbons (Fsp3) is 0.160. The maximum atomic E-state index is 13.0. The standard InChI is InChI=1S/C25H22BrN3O3/c1-16-13-19(11-12-20(16)26)29-15-18(14-23(29)30)25(32)28-22-10-6-5-9-21(22)27-24(31)17-7-3-2-4-8-17/h2-13,18H,14-15H2,1H3,(H,27,31)(H,28,32). The van der Waals surface area contributed by atoms with E-state index in [1.54, 1.807) is 53.4 Å². The molecule has 0 radical (unpaired) electrons. The number of para-hydroxylation sites is 2. The number of halogens is 1. The third kappa shape index (κ3) is 4.73. The number of benzene rings is 3. The van der Waals surface area contributed by atoms with Crippen LogP contribution in [0.5, 0.6) is 0 Å². The molecule has 0 spiro atoms. The lowest BCUT2D eigenvalue weighted by Crippen LogP contribution is -2.28. The highest BCUT2D eigenvalue weighted by Crippen LogP contribution is 2.30. The van der Waals surface area contributed by atoms with E-state index in [0.717, 1.165) is 15.7 Å². The Morgan fingerprint density at radius 1 is 0.938 bits per heavy atom. The molecule has 3 aromatic rings. The fourth-order valence-corrected chi connectivity index (χ4v) is 3.90. The lowest BCUT2D eigenvalue weighted by atomic mass is 10.1. The molecule has 6 nitrogen and oxygen atoms in total. The fourth-order valence-electron chi connectivity index (χ4n) is 3.65. The molecule has 3 amide bonds. The Kier molecular flexibility index (Phi) is 6.37. The Hall–Kier alpha value is -3.45. The first-order valence-electron chi connectivity index (χ1n) is 10.2. The summed E-state index contributed by atoms with van der Waals surface area (Å²) in [5.41, 5.74) is 3.31. The number of carbonyl (C=O) groups is 3. The van der Waals surface area contributed by atoms with Crippen LogP contribution in [0.25, 0.3) is 0 Å². The van der Waals surface area contributed by atoms with Crippen molar-refractivity contribution >= 4 is 50.7 Å². The number of hydrogen-bond acceptors (Lipinski definition) is 3. The Labute approximate surface area is 194 Å². The van der Waals surface area contributed by atoms with Gasteiger partial charge in [-0.1, -0.05) is 46.3 Å². The quantitative estimate of drug-likeness (QED) is 0.526. The summed E-state index contributed by atoms with van der Waals surface area (Å²) >= 11 is 3.47. The first kappa shape index (κ1) is 21.8. The number of rotatable bonds is 5. The monoisotopic (exact) mass is 491 g/mol. The zero-order chi connectivity index (χ0) is 22.7. The minimum absolute atomic E-state index is 0.0856. The van der Waals surface area contributed by atoms with Crippen LogP contribution in [-0.2, 0) is 9.59 Å². The van der Waals surface area contributed by atoms with Crippen molar-refractivity contribution in [2.24, 2.45) is 5.92 Å². The van der Waals surface area contributed by atoms with Gasteiger partial charge in [-0.2, -0.15) is 0 Å². The molecule has 1 saturated heterocycles. The van der Waals surface area contributed by atoms with E-state index >= 15 is 0 Å². The molecule has 1 atom stereocenters. The van der Waals surface area contributed by atoms with Gasteiger partial charge in [-0.3, -0.25) is 14.4 Å². The minimum Gasteiger partial charge on any atom is -0.324 e. The zero-order valence-corrected chi connectivity index (χ0v) is 19.1. The SMILES string of the molecule is Cc1cc(N2CC(C(=O)Nc3ccccc3NC(=O)c3ccccc3)CC2=O)ccc1Br. The smallest absolute Gasteiger partial charge is 0.255 e. The van der Waals surface area contributed by atoms with E-state index in [0.29, 0.717) is 23.5 Å². The molecule has 3 aromatic carbocycles. The van der Waals surface area contributed by atoms with Crippen LogP contribution in [0, 0.1) is 12.8 Å². The van der Waals surface area contributed by atoms with E-state index in [1.165, 1.54) is 0 Å². The molecule has 0 aliphatic carbocycles. The van der Waals surface area contributed by atoms with Gasteiger partial charge >= 0.3 is 0 Å². The molecule has 1 heterocycles. The van der Waals surface area contributed by atoms with Gasteiger partial charge in [0, 0.05) is 28.7 Å². The van der Waals surface area contributed by atoms with Crippen molar-refractivity contribution in [3.05, 3.63) is 88.4 Å². The van der Waals surface area contributed by atoms with E-state index in [2.05, 4.69) is 26.6 Å². The van der Waals surface area contributed by atoms with Crippen molar-refractivity contribution in [1.82, 2.24) is 0 Å². The van der Waals surface area contributed by atoms with Crippen LogP contribution in [0.1, 0.15) is 22.3 Å². The number of amides is 3. The summed E-state index contributed by atoms with van der Waals surface area (Å²) in [6, 6.07) is 21.6. The molecule has 1 unspecified atom stereocenters. The van der Waals surface area contributed by atoms with Gasteiger partial charge in [0.1, 0.15) is 0 Å². The Morgan fingerprint density at radius 3 is 2.28 bits per heavy atom. The number of nitrogens with zero attached hydrogens (tertiary/aromatic N) is 1. The molecule has 0 bridgehead atoms. The summed E-state index contributed by atoms with van der Waals surface area (Å²) in [6.45, 7) is 2.27. The molecule has 7 heteroatoms. The third-order valence-corrected chi connectivity index (χ3v) is 6.31. The van der Waals surface area contributed by atoms with Crippen LogP contribution in [-0.4, -0.2) is 24.3 Å². The zero-order valence-electron chi connectivity index (χ0n) is 17.5. The number of hydrogen-bond donors (Lipinski definition) is 2. The van der Waals surface area contributed by atoms with Crippen molar-refractivity contribution in [3.63, 3.8) is 0 Å². The molecule has 1 aliphatic rings. The lowest BCUT2D eigenvalue weighted by Gasteiger charge is -2.18. The van der Waals surface area contributed by atoms with Gasteiger partial charge in [0.2, 0.25) is 11.8 Å². The van der Waals surface area contributed by atoms with Crippen molar-refractivity contribution < 1.29 is 14.4 Å². The normalized spacial score (nSPS) is 15.5. The molecule has 32 heavy (non-hydrogen) atoms. The van der Waals surface area contributed by atoms with Crippen molar-refractivity contribution in [2.75, 3.05) is 22.1 Å². The lowest BCUT2D eigenvalue weighted by molar-refractivity contribution is -0.122. The van der Waals surface area contributed by atoms with Crippen LogP contribution in [0.3, 0.4) is 0 Å². The maximum Gasteiger partial charge on any atom is 0.255 e. The predicted molar refractivity (Wildman–Crippen MR) is 129 cm³/mol. The third-order valence-electron chi connectivity index (χ3n) is 5.42. The number of aryl methyl sites for hydroxylation is 1. The summed E-state index contributed by atoms with van der Waals surface area (Å²) in [5.74, 6) is -1.09. The first-order chi connectivity index (χ1) is 15.4. The van der Waals surface area contributed by atoms with Crippen molar-refractivity contribution in [2.45, 2.75) is 13.3 Å². The minimum atomic E-state index is -0.482. The molecule has 1 aliphatic heterocycles. The second-order valence-corrected chi connectivity index (χ2v) is 8.55. The first-order valence-corrected chi connectivity index (χ1v) is 11.0. The van der Waals surface area contributed by atoms with Gasteiger partial charge in [0.15, 0.2) is 0 Å². The van der Waals surface area contributed by atoms with E-state index in [-0.39, 0.29) is 24.1 Å². The average Bonchev–Trinajstić information content (AvgIpc) is 3.19. The van der Waals surface area contributed by atoms with Crippen LogP contribution in [0.15, 0.2) is 77.3 Å². The second-order valence-electron chi connectivity index (χ2n) is 7.69. The topological polar surface area (TPSA) is 78.5 Å². The Balaban J connectivity index is 1.46. The molecule has 2 N–H and O–H groups in total. The highest BCUT2D eigenvalue weighted by atomic mass is 79.9. The summed E-state index contributed by atoms with van der Waals surface area (Å²) in [5, 5.41) is 5.72. The second kappa shape index (κ2) is 9.36. The van der Waals surface area contributed by atoms with Gasteiger partial charge in [-0.15, -0.1) is 0 Å². The molecule has 0 saturated carbocycles. The number of carbonyl (C=O) groups excluding carboxylic acids is 3. The molecular weight excluding hydrogens is 470 g/mol. The number of anilines is 3. The van der Waals surface area contributed by atoms with Gasteiger partial charge in [0.05, 0.1) is 17.3 Å². The highest BCUT2D eigenvalue weighted by Gasteiger charge is 2.35. The molecule has 4 rings (SSSR count). The Bertz CT molecular complexity index is 1180.